The smallest absolute Gasteiger partial charge is 0.156 e. The molecule has 4 heteroatoms. The molecule has 1 fully saturated rings. The van der Waals surface area contributed by atoms with E-state index in [2.05, 4.69) is 17.2 Å². The lowest BCUT2D eigenvalue weighted by molar-refractivity contribution is 0.625. The number of aliphatic imine (C=N–C) groups is 1. The van der Waals surface area contributed by atoms with Crippen LogP contribution in [0.4, 0.5) is 4.39 Å². The summed E-state index contributed by atoms with van der Waals surface area (Å²) in [4.78, 5) is 4.57. The highest BCUT2D eigenvalue weighted by Gasteiger charge is 2.12. The van der Waals surface area contributed by atoms with Crippen LogP contribution in [-0.2, 0) is 6.42 Å². The van der Waals surface area contributed by atoms with Gasteiger partial charge in [0.05, 0.1) is 0 Å². The third-order valence-electron chi connectivity index (χ3n) is 3.10. The zero-order valence-electron chi connectivity index (χ0n) is 10.9. The second kappa shape index (κ2) is 6.23. The van der Waals surface area contributed by atoms with Gasteiger partial charge in [-0.15, -0.1) is 0 Å². The number of aryl methyl sites for hydroxylation is 1. The molecule has 1 aromatic carbocycles. The molecule has 18 heavy (non-hydrogen) atoms. The van der Waals surface area contributed by atoms with Crippen molar-refractivity contribution in [3.63, 3.8) is 0 Å². The van der Waals surface area contributed by atoms with Crippen LogP contribution in [-0.4, -0.2) is 23.5 Å². The van der Waals surface area contributed by atoms with Gasteiger partial charge in [-0.3, -0.25) is 4.99 Å². The number of halogens is 1. The Kier molecular flexibility index (Phi) is 4.64. The monoisotopic (exact) mass is 266 g/mol. The number of nitrogens with zero attached hydrogens (tertiary/aromatic N) is 1. The molecule has 98 valence electrons. The van der Waals surface area contributed by atoms with Crippen molar-refractivity contribution in [2.45, 2.75) is 32.7 Å². The van der Waals surface area contributed by atoms with Gasteiger partial charge in [0.25, 0.3) is 0 Å². The maximum Gasteiger partial charge on any atom is 0.156 e. The van der Waals surface area contributed by atoms with Crippen molar-refractivity contribution in [3.8, 4) is 0 Å². The van der Waals surface area contributed by atoms with E-state index in [1.807, 2.05) is 13.0 Å². The van der Waals surface area contributed by atoms with Crippen LogP contribution >= 0.6 is 11.8 Å². The SMILES string of the molecule is Cc1cc(F)ccc1CCN=C1NC(C)CCS1. The molecule has 1 aromatic rings. The zero-order valence-corrected chi connectivity index (χ0v) is 11.7. The number of rotatable bonds is 3. The largest absolute Gasteiger partial charge is 0.362 e. The van der Waals surface area contributed by atoms with Crippen LogP contribution in [0, 0.1) is 12.7 Å². The van der Waals surface area contributed by atoms with Crippen molar-refractivity contribution in [3.05, 3.63) is 35.1 Å². The van der Waals surface area contributed by atoms with Crippen molar-refractivity contribution in [1.29, 1.82) is 0 Å². The standard InChI is InChI=1S/C14H19FN2S/c1-10-9-13(15)4-3-12(10)5-7-16-14-17-11(2)6-8-18-14/h3-4,9,11H,5-8H2,1-2H3,(H,16,17). The number of benzene rings is 1. The van der Waals surface area contributed by atoms with Gasteiger partial charge in [-0.1, -0.05) is 17.8 Å². The van der Waals surface area contributed by atoms with Crippen LogP contribution < -0.4 is 5.32 Å². The van der Waals surface area contributed by atoms with Crippen molar-refractivity contribution in [1.82, 2.24) is 5.32 Å². The van der Waals surface area contributed by atoms with Gasteiger partial charge in [-0.05, 0) is 49.9 Å². The molecule has 1 aliphatic heterocycles. The third kappa shape index (κ3) is 3.73. The Labute approximate surface area is 112 Å². The second-order valence-corrected chi connectivity index (χ2v) is 5.77. The van der Waals surface area contributed by atoms with E-state index in [-0.39, 0.29) is 5.82 Å². The van der Waals surface area contributed by atoms with Crippen molar-refractivity contribution < 1.29 is 4.39 Å². The average molecular weight is 266 g/mol. The Morgan fingerprint density at radius 1 is 1.50 bits per heavy atom. The Morgan fingerprint density at radius 3 is 3.06 bits per heavy atom. The Bertz CT molecular complexity index is 445. The van der Waals surface area contributed by atoms with Crippen molar-refractivity contribution in [2.75, 3.05) is 12.3 Å². The predicted octanol–water partition coefficient (Wildman–Crippen LogP) is 3.15. The van der Waals surface area contributed by atoms with Gasteiger partial charge < -0.3 is 5.32 Å². The van der Waals surface area contributed by atoms with Crippen LogP contribution in [0.5, 0.6) is 0 Å². The van der Waals surface area contributed by atoms with E-state index < -0.39 is 0 Å². The lowest BCUT2D eigenvalue weighted by Gasteiger charge is -2.21. The molecule has 2 nitrogen and oxygen atoms in total. The van der Waals surface area contributed by atoms with Gasteiger partial charge in [0.15, 0.2) is 5.17 Å². The van der Waals surface area contributed by atoms with Gasteiger partial charge >= 0.3 is 0 Å². The molecule has 1 saturated heterocycles. The molecule has 0 spiro atoms. The van der Waals surface area contributed by atoms with E-state index in [9.17, 15) is 4.39 Å². The van der Waals surface area contributed by atoms with Gasteiger partial charge in [-0.25, -0.2) is 4.39 Å². The minimum absolute atomic E-state index is 0.166. The highest BCUT2D eigenvalue weighted by molar-refractivity contribution is 8.13. The zero-order chi connectivity index (χ0) is 13.0. The van der Waals surface area contributed by atoms with E-state index in [0.717, 1.165) is 29.4 Å². The maximum absolute atomic E-state index is 13.0. The molecular formula is C14H19FN2S. The van der Waals surface area contributed by atoms with E-state index in [0.29, 0.717) is 6.04 Å². The van der Waals surface area contributed by atoms with Gasteiger partial charge in [0.2, 0.25) is 0 Å². The molecule has 1 unspecified atom stereocenters. The molecule has 0 saturated carbocycles. The Balaban J connectivity index is 1.89. The fourth-order valence-electron chi connectivity index (χ4n) is 1.97. The fourth-order valence-corrected chi connectivity index (χ4v) is 3.10. The molecular weight excluding hydrogens is 247 g/mol. The topological polar surface area (TPSA) is 24.4 Å². The summed E-state index contributed by atoms with van der Waals surface area (Å²) in [6, 6.07) is 5.48. The number of hydrogen-bond donors (Lipinski definition) is 1. The molecule has 1 aliphatic rings. The quantitative estimate of drug-likeness (QED) is 0.909. The van der Waals surface area contributed by atoms with E-state index >= 15 is 0 Å². The lowest BCUT2D eigenvalue weighted by atomic mass is 10.1. The lowest BCUT2D eigenvalue weighted by Crippen LogP contribution is -2.35. The van der Waals surface area contributed by atoms with Crippen molar-refractivity contribution in [2.24, 2.45) is 4.99 Å². The number of amidine groups is 1. The summed E-state index contributed by atoms with van der Waals surface area (Å²) < 4.78 is 13.0. The summed E-state index contributed by atoms with van der Waals surface area (Å²) in [5.74, 6) is 0.976. The van der Waals surface area contributed by atoms with E-state index in [1.54, 1.807) is 17.8 Å². The summed E-state index contributed by atoms with van der Waals surface area (Å²) in [6.07, 6.45) is 2.06. The molecule has 0 bridgehead atoms. The molecule has 1 N–H and O–H groups in total. The first-order valence-electron chi connectivity index (χ1n) is 6.34. The highest BCUT2D eigenvalue weighted by atomic mass is 32.2. The van der Waals surface area contributed by atoms with Crippen LogP contribution in [0.3, 0.4) is 0 Å². The Morgan fingerprint density at radius 2 is 2.33 bits per heavy atom. The maximum atomic E-state index is 13.0. The van der Waals surface area contributed by atoms with Gasteiger partial charge in [-0.2, -0.15) is 0 Å². The summed E-state index contributed by atoms with van der Waals surface area (Å²) >= 11 is 1.79. The van der Waals surface area contributed by atoms with Crippen molar-refractivity contribution >= 4 is 16.9 Å². The number of nitrogens with one attached hydrogen (secondary N) is 1. The van der Waals surface area contributed by atoms with Gasteiger partial charge in [0.1, 0.15) is 5.82 Å². The summed E-state index contributed by atoms with van der Waals surface area (Å²) in [5, 5.41) is 4.43. The Hall–Kier alpha value is -1.03. The van der Waals surface area contributed by atoms with Crippen LogP contribution in [0.2, 0.25) is 0 Å². The molecule has 0 radical (unpaired) electrons. The second-order valence-electron chi connectivity index (χ2n) is 4.69. The molecule has 1 heterocycles. The first-order chi connectivity index (χ1) is 8.65. The summed E-state index contributed by atoms with van der Waals surface area (Å²) in [6.45, 7) is 4.88. The molecule has 1 atom stereocenters. The first-order valence-corrected chi connectivity index (χ1v) is 7.32. The predicted molar refractivity (Wildman–Crippen MR) is 76.8 cm³/mol. The highest BCUT2D eigenvalue weighted by Crippen LogP contribution is 2.14. The normalized spacial score (nSPS) is 21.9. The minimum atomic E-state index is -0.166. The number of thioether (sulfide) groups is 1. The third-order valence-corrected chi connectivity index (χ3v) is 4.06. The molecule has 0 amide bonds. The van der Waals surface area contributed by atoms with Crippen LogP contribution in [0.15, 0.2) is 23.2 Å². The molecule has 2 rings (SSSR count). The molecule has 0 aromatic heterocycles. The average Bonchev–Trinajstić information content (AvgIpc) is 2.32. The summed E-state index contributed by atoms with van der Waals surface area (Å²) in [7, 11) is 0. The first kappa shape index (κ1) is 13.4. The van der Waals surface area contributed by atoms with E-state index in [4.69, 9.17) is 0 Å². The summed E-state index contributed by atoms with van der Waals surface area (Å²) in [5.41, 5.74) is 2.18. The van der Waals surface area contributed by atoms with Gasteiger partial charge in [0, 0.05) is 18.3 Å². The number of hydrogen-bond acceptors (Lipinski definition) is 2. The van der Waals surface area contributed by atoms with Crippen LogP contribution in [0.25, 0.3) is 0 Å². The molecule has 0 aliphatic carbocycles. The van der Waals surface area contributed by atoms with Crippen LogP contribution in [0.1, 0.15) is 24.5 Å². The fraction of sp³-hybridized carbons (Fsp3) is 0.500. The van der Waals surface area contributed by atoms with E-state index in [1.165, 1.54) is 18.1 Å². The minimum Gasteiger partial charge on any atom is -0.362 e.